The topological polar surface area (TPSA) is 66.0 Å². The van der Waals surface area contributed by atoms with Gasteiger partial charge in [-0.1, -0.05) is 0 Å². The number of nitrogens with one attached hydrogen (secondary N) is 1. The zero-order valence-electron chi connectivity index (χ0n) is 6.41. The molecular formula is C8H5FN2O2. The molecule has 5 heteroatoms. The van der Waals surface area contributed by atoms with E-state index >= 15 is 0 Å². The molecule has 0 radical (unpaired) electrons. The molecule has 0 amide bonds. The highest BCUT2D eigenvalue weighted by molar-refractivity contribution is 5.75. The summed E-state index contributed by atoms with van der Waals surface area (Å²) in [5.74, 6) is -1.03. The first-order valence-corrected chi connectivity index (χ1v) is 3.55. The molecule has 0 saturated heterocycles. The van der Waals surface area contributed by atoms with Crippen LogP contribution in [0.5, 0.6) is 5.75 Å². The first-order valence-electron chi connectivity index (χ1n) is 3.55. The maximum atomic E-state index is 13.0. The van der Waals surface area contributed by atoms with E-state index in [2.05, 4.69) is 9.97 Å². The van der Waals surface area contributed by atoms with Gasteiger partial charge in [0, 0.05) is 12.3 Å². The van der Waals surface area contributed by atoms with Gasteiger partial charge in [-0.15, -0.1) is 0 Å². The summed E-state index contributed by atoms with van der Waals surface area (Å²) in [5.41, 5.74) is -0.498. The van der Waals surface area contributed by atoms with Crippen LogP contribution in [-0.2, 0) is 0 Å². The van der Waals surface area contributed by atoms with Crippen LogP contribution in [0.2, 0.25) is 0 Å². The number of halogens is 1. The molecule has 0 fully saturated rings. The van der Waals surface area contributed by atoms with Gasteiger partial charge in [-0.05, 0) is 6.07 Å². The normalized spacial score (nSPS) is 10.5. The molecule has 66 valence electrons. The monoisotopic (exact) mass is 180 g/mol. The van der Waals surface area contributed by atoms with Crippen molar-refractivity contribution in [1.29, 1.82) is 0 Å². The smallest absolute Gasteiger partial charge is 0.290 e. The Morgan fingerprint density at radius 1 is 1.54 bits per heavy atom. The number of aromatic hydroxyl groups is 1. The van der Waals surface area contributed by atoms with Gasteiger partial charge in [0.05, 0.1) is 5.52 Å². The van der Waals surface area contributed by atoms with Gasteiger partial charge in [-0.3, -0.25) is 9.78 Å². The Morgan fingerprint density at radius 2 is 2.31 bits per heavy atom. The second-order valence-electron chi connectivity index (χ2n) is 2.54. The van der Waals surface area contributed by atoms with E-state index in [9.17, 15) is 9.18 Å². The first-order chi connectivity index (χ1) is 6.18. The second kappa shape index (κ2) is 2.55. The number of hydrogen-bond acceptors (Lipinski definition) is 3. The van der Waals surface area contributed by atoms with E-state index in [0.717, 1.165) is 12.1 Å². The van der Waals surface area contributed by atoms with E-state index in [4.69, 9.17) is 5.11 Å². The molecule has 0 aliphatic rings. The Kier molecular flexibility index (Phi) is 1.51. The van der Waals surface area contributed by atoms with Gasteiger partial charge in [0.1, 0.15) is 11.3 Å². The average molecular weight is 180 g/mol. The molecule has 2 heterocycles. The maximum absolute atomic E-state index is 13.0. The molecule has 0 unspecified atom stereocenters. The summed E-state index contributed by atoms with van der Waals surface area (Å²) in [6.07, 6.45) is 1.26. The summed E-state index contributed by atoms with van der Waals surface area (Å²) in [5, 5.41) is 9.00. The molecule has 2 N–H and O–H groups in total. The van der Waals surface area contributed by atoms with Crippen LogP contribution < -0.4 is 5.56 Å². The number of H-pyrrole nitrogens is 1. The molecule has 0 aromatic carbocycles. The van der Waals surface area contributed by atoms with Crippen LogP contribution in [0.3, 0.4) is 0 Å². The van der Waals surface area contributed by atoms with Crippen LogP contribution in [-0.4, -0.2) is 15.1 Å². The fourth-order valence-electron chi connectivity index (χ4n) is 1.06. The van der Waals surface area contributed by atoms with Gasteiger partial charge in [-0.2, -0.15) is 0 Å². The standard InChI is InChI=1S/C8H5FN2O2/c9-4-1-2-10-5-3-6(12)8(13)11-7(4)5/h1-3,12H,(H,11,13). The van der Waals surface area contributed by atoms with Crippen molar-refractivity contribution in [2.75, 3.05) is 0 Å². The van der Waals surface area contributed by atoms with Gasteiger partial charge in [0.2, 0.25) is 0 Å². The highest BCUT2D eigenvalue weighted by atomic mass is 19.1. The van der Waals surface area contributed by atoms with E-state index in [-0.39, 0.29) is 11.0 Å². The van der Waals surface area contributed by atoms with E-state index in [0.29, 0.717) is 0 Å². The SMILES string of the molecule is O=c1[nH]c2c(F)ccnc2cc1O. The molecular weight excluding hydrogens is 175 g/mol. The summed E-state index contributed by atoms with van der Waals surface area (Å²) >= 11 is 0. The highest BCUT2D eigenvalue weighted by Gasteiger charge is 2.04. The minimum Gasteiger partial charge on any atom is -0.503 e. The summed E-state index contributed by atoms with van der Waals surface area (Å²) < 4.78 is 13.0. The third-order valence-electron chi connectivity index (χ3n) is 1.67. The van der Waals surface area contributed by atoms with Crippen molar-refractivity contribution in [2.45, 2.75) is 0 Å². The lowest BCUT2D eigenvalue weighted by atomic mass is 10.3. The van der Waals surface area contributed by atoms with Gasteiger partial charge in [0.15, 0.2) is 5.75 Å². The summed E-state index contributed by atoms with van der Waals surface area (Å²) in [6, 6.07) is 2.26. The van der Waals surface area contributed by atoms with Crippen molar-refractivity contribution in [3.8, 4) is 5.75 Å². The number of pyridine rings is 2. The van der Waals surface area contributed by atoms with Crippen LogP contribution >= 0.6 is 0 Å². The average Bonchev–Trinajstić information content (AvgIpc) is 2.09. The van der Waals surface area contributed by atoms with Crippen molar-refractivity contribution in [1.82, 2.24) is 9.97 Å². The molecule has 0 atom stereocenters. The number of aromatic amines is 1. The van der Waals surface area contributed by atoms with E-state index in [1.54, 1.807) is 0 Å². The molecule has 2 aromatic heterocycles. The van der Waals surface area contributed by atoms with E-state index in [1.165, 1.54) is 6.20 Å². The van der Waals surface area contributed by atoms with E-state index in [1.807, 2.05) is 0 Å². The van der Waals surface area contributed by atoms with Crippen molar-refractivity contribution < 1.29 is 9.50 Å². The Labute approximate surface area is 71.7 Å². The fourth-order valence-corrected chi connectivity index (χ4v) is 1.06. The van der Waals surface area contributed by atoms with Gasteiger partial charge >= 0.3 is 0 Å². The minimum atomic E-state index is -0.723. The zero-order chi connectivity index (χ0) is 9.42. The highest BCUT2D eigenvalue weighted by Crippen LogP contribution is 2.13. The number of hydrogen-bond donors (Lipinski definition) is 2. The van der Waals surface area contributed by atoms with Gasteiger partial charge < -0.3 is 10.1 Å². The Hall–Kier alpha value is -1.91. The molecule has 13 heavy (non-hydrogen) atoms. The Morgan fingerprint density at radius 3 is 3.08 bits per heavy atom. The molecule has 0 saturated carbocycles. The number of aromatic nitrogens is 2. The molecule has 0 aliphatic heterocycles. The maximum Gasteiger partial charge on any atom is 0.290 e. The van der Waals surface area contributed by atoms with Crippen LogP contribution in [0.4, 0.5) is 4.39 Å². The fraction of sp³-hybridized carbons (Fsp3) is 0. The Balaban J connectivity index is 2.97. The predicted molar refractivity (Wildman–Crippen MR) is 44.0 cm³/mol. The molecule has 2 aromatic rings. The van der Waals surface area contributed by atoms with Crippen molar-refractivity contribution in [3.05, 3.63) is 34.5 Å². The largest absolute Gasteiger partial charge is 0.503 e. The lowest BCUT2D eigenvalue weighted by Crippen LogP contribution is -2.05. The number of nitrogens with zero attached hydrogens (tertiary/aromatic N) is 1. The van der Waals surface area contributed by atoms with Crippen molar-refractivity contribution >= 4 is 11.0 Å². The molecule has 0 aliphatic carbocycles. The first kappa shape index (κ1) is 7.72. The number of rotatable bonds is 0. The van der Waals surface area contributed by atoms with Gasteiger partial charge in [0.25, 0.3) is 5.56 Å². The lowest BCUT2D eigenvalue weighted by Gasteiger charge is -1.97. The van der Waals surface area contributed by atoms with Crippen LogP contribution in [0, 0.1) is 5.82 Å². The van der Waals surface area contributed by atoms with Crippen molar-refractivity contribution in [3.63, 3.8) is 0 Å². The van der Waals surface area contributed by atoms with E-state index < -0.39 is 17.1 Å². The summed E-state index contributed by atoms with van der Waals surface area (Å²) in [7, 11) is 0. The van der Waals surface area contributed by atoms with Crippen LogP contribution in [0.1, 0.15) is 0 Å². The predicted octanol–water partition coefficient (Wildman–Crippen LogP) is 0.768. The minimum absolute atomic E-state index is 0.00491. The molecule has 0 spiro atoms. The third-order valence-corrected chi connectivity index (χ3v) is 1.67. The van der Waals surface area contributed by atoms with Crippen LogP contribution in [0.25, 0.3) is 11.0 Å². The zero-order valence-corrected chi connectivity index (χ0v) is 6.41. The lowest BCUT2D eigenvalue weighted by molar-refractivity contribution is 0.467. The van der Waals surface area contributed by atoms with Crippen molar-refractivity contribution in [2.24, 2.45) is 0 Å². The molecule has 4 nitrogen and oxygen atoms in total. The second-order valence-corrected chi connectivity index (χ2v) is 2.54. The van der Waals surface area contributed by atoms with Gasteiger partial charge in [-0.25, -0.2) is 4.39 Å². The molecule has 0 bridgehead atoms. The molecule has 2 rings (SSSR count). The van der Waals surface area contributed by atoms with Crippen LogP contribution in [0.15, 0.2) is 23.1 Å². The number of fused-ring (bicyclic) bond motifs is 1. The Bertz CT molecular complexity index is 521. The summed E-state index contributed by atoms with van der Waals surface area (Å²) in [6.45, 7) is 0. The third kappa shape index (κ3) is 1.14. The quantitative estimate of drug-likeness (QED) is 0.629. The summed E-state index contributed by atoms with van der Waals surface area (Å²) in [4.78, 5) is 16.8.